The van der Waals surface area contributed by atoms with Gasteiger partial charge in [-0.15, -0.1) is 0 Å². The van der Waals surface area contributed by atoms with Crippen LogP contribution in [0.25, 0.3) is 5.84 Å². The van der Waals surface area contributed by atoms with Crippen LogP contribution in [0.2, 0.25) is 0 Å². The lowest BCUT2D eigenvalue weighted by molar-refractivity contribution is -0.418. The fraction of sp³-hybridized carbons (Fsp3) is 0.500. The van der Waals surface area contributed by atoms with Crippen molar-refractivity contribution >= 4 is 6.34 Å². The highest BCUT2D eigenvalue weighted by molar-refractivity contribution is 5.47. The van der Waals surface area contributed by atoms with E-state index in [0.717, 1.165) is 11.0 Å². The number of rotatable bonds is 1. The van der Waals surface area contributed by atoms with Crippen LogP contribution in [-0.2, 0) is 0 Å². The quantitative estimate of drug-likeness (QED) is 0.160. The molecule has 0 aliphatic heterocycles. The molecule has 0 rings (SSSR count). The van der Waals surface area contributed by atoms with Gasteiger partial charge in [-0.25, -0.2) is 0 Å². The minimum Gasteiger partial charge on any atom is -0.541 e. The van der Waals surface area contributed by atoms with E-state index in [9.17, 15) is 0 Å². The van der Waals surface area contributed by atoms with E-state index >= 15 is 0 Å². The molecule has 0 atom stereocenters. The second kappa shape index (κ2) is 2.32. The number of hydrogen-bond donors (Lipinski definition) is 1. The van der Waals surface area contributed by atoms with Crippen LogP contribution in [0, 0.1) is 5.53 Å². The van der Waals surface area contributed by atoms with Gasteiger partial charge in [-0.3, -0.25) is 0 Å². The van der Waals surface area contributed by atoms with Gasteiger partial charge >= 0.3 is 0 Å². The zero-order valence-electron chi connectivity index (χ0n) is 3.47. The third-order valence-electron chi connectivity index (χ3n) is 0.231. The van der Waals surface area contributed by atoms with Gasteiger partial charge in [-0.2, -0.15) is 0 Å². The van der Waals surface area contributed by atoms with Crippen molar-refractivity contribution in [1.29, 1.82) is 5.53 Å². The van der Waals surface area contributed by atoms with E-state index in [2.05, 4.69) is 5.11 Å². The van der Waals surface area contributed by atoms with E-state index in [1.54, 1.807) is 0 Å². The highest BCUT2D eigenvalue weighted by Gasteiger charge is 1.64. The molecule has 0 aromatic heterocycles. The van der Waals surface area contributed by atoms with Crippen LogP contribution in [-0.4, -0.2) is 18.1 Å². The summed E-state index contributed by atoms with van der Waals surface area (Å²) in [6.45, 7) is 0. The predicted molar refractivity (Wildman–Crippen MR) is 21.7 cm³/mol. The van der Waals surface area contributed by atoms with Gasteiger partial charge in [0, 0.05) is 0 Å². The average molecular weight is 86.1 g/mol. The molecule has 0 saturated heterocycles. The Kier molecular flexibility index (Phi) is 1.96. The van der Waals surface area contributed by atoms with Crippen LogP contribution in [0.5, 0.6) is 0 Å². The molecule has 0 aromatic carbocycles. The highest BCUT2D eigenvalue weighted by Crippen LogP contribution is 1.57. The van der Waals surface area contributed by atoms with Gasteiger partial charge in [0.2, 0.25) is 0 Å². The van der Waals surface area contributed by atoms with Gasteiger partial charge in [0.05, 0.1) is 12.2 Å². The Morgan fingerprint density at radius 3 is 2.50 bits per heavy atom. The molecule has 0 aliphatic carbocycles. The molecule has 4 nitrogen and oxygen atoms in total. The maximum Gasteiger partial charge on any atom is 0.299 e. The summed E-state index contributed by atoms with van der Waals surface area (Å²) in [4.78, 5) is 0. The topological polar surface area (TPSA) is 63.0 Å². The van der Waals surface area contributed by atoms with Crippen LogP contribution in [0.1, 0.15) is 0 Å². The Morgan fingerprint density at radius 2 is 2.50 bits per heavy atom. The van der Waals surface area contributed by atoms with E-state index < -0.39 is 0 Å². The summed E-state index contributed by atoms with van der Waals surface area (Å²) in [5, 5.41) is 2.80. The van der Waals surface area contributed by atoms with E-state index in [1.165, 1.54) is 7.05 Å². The number of nitrogens with one attached hydrogen (secondary N) is 2. The Hall–Kier alpha value is -0.930. The molecule has 4 heteroatoms. The van der Waals surface area contributed by atoms with Gasteiger partial charge in [0.15, 0.2) is 0 Å². The van der Waals surface area contributed by atoms with Crippen LogP contribution < -0.4 is 0 Å². The molecule has 0 saturated carbocycles. The molecular formula is C2H6N4. The van der Waals surface area contributed by atoms with Crippen molar-refractivity contribution in [3.05, 3.63) is 5.84 Å². The molecule has 0 aromatic rings. The summed E-state index contributed by atoms with van der Waals surface area (Å²) in [6.07, 6.45) is 1.08. The Labute approximate surface area is 35.8 Å². The first-order chi connectivity index (χ1) is 2.77. The SMILES string of the molecule is C/[N+]([NH-])=C/N=N. The minimum absolute atomic E-state index is 0.951. The smallest absolute Gasteiger partial charge is 0.299 e. The summed E-state index contributed by atoms with van der Waals surface area (Å²) in [7, 11) is 1.48. The largest absolute Gasteiger partial charge is 0.541 e. The second-order valence-electron chi connectivity index (χ2n) is 0.855. The molecule has 0 bridgehead atoms. The van der Waals surface area contributed by atoms with Gasteiger partial charge in [0.25, 0.3) is 6.34 Å². The maximum atomic E-state index is 6.54. The molecule has 0 radical (unpaired) electrons. The fourth-order valence-corrected chi connectivity index (χ4v) is 0.0866. The van der Waals surface area contributed by atoms with E-state index in [-0.39, 0.29) is 0 Å². The van der Waals surface area contributed by atoms with Crippen molar-refractivity contribution in [3.63, 3.8) is 0 Å². The van der Waals surface area contributed by atoms with Crippen molar-refractivity contribution in [2.45, 2.75) is 0 Å². The normalized spacial score (nSPS) is 11.2. The summed E-state index contributed by atoms with van der Waals surface area (Å²) in [6, 6.07) is 0. The van der Waals surface area contributed by atoms with Gasteiger partial charge in [-0.1, -0.05) is 5.53 Å². The van der Waals surface area contributed by atoms with E-state index in [0.29, 0.717) is 0 Å². The Bertz CT molecular complexity index is 69.6. The predicted octanol–water partition coefficient (Wildman–Crippen LogP) is 0.655. The zero-order valence-corrected chi connectivity index (χ0v) is 3.47. The molecule has 0 spiro atoms. The zero-order chi connectivity index (χ0) is 4.99. The lowest BCUT2D eigenvalue weighted by atomic mass is 11.2. The van der Waals surface area contributed by atoms with Crippen LogP contribution in [0.15, 0.2) is 5.11 Å². The van der Waals surface area contributed by atoms with Crippen LogP contribution >= 0.6 is 0 Å². The summed E-state index contributed by atoms with van der Waals surface area (Å²) < 4.78 is 0.951. The molecule has 6 heavy (non-hydrogen) atoms. The first-order valence-electron chi connectivity index (χ1n) is 1.41. The first kappa shape index (κ1) is 5.07. The molecule has 34 valence electrons. The Morgan fingerprint density at radius 1 is 2.00 bits per heavy atom. The molecule has 0 fully saturated rings. The molecule has 2 N–H and O–H groups in total. The van der Waals surface area contributed by atoms with Crippen molar-refractivity contribution in [1.82, 2.24) is 0 Å². The van der Waals surface area contributed by atoms with Gasteiger partial charge in [-0.05, 0) is 0 Å². The fourth-order valence-electron chi connectivity index (χ4n) is 0.0866. The standard InChI is InChI=1S/C2H6N4/c1-6(4)2-5-3/h2-4H,1H3/b5-3?,6-2-,6-4?. The van der Waals surface area contributed by atoms with E-state index in [4.69, 9.17) is 11.4 Å². The highest BCUT2D eigenvalue weighted by atomic mass is 15.3. The van der Waals surface area contributed by atoms with Crippen molar-refractivity contribution in [2.75, 3.05) is 7.05 Å². The number of hydrogen-bond acceptors (Lipinski definition) is 1. The summed E-state index contributed by atoms with van der Waals surface area (Å²) in [5.41, 5.74) is 6.14. The lowest BCUT2D eigenvalue weighted by Gasteiger charge is -1.89. The maximum absolute atomic E-state index is 6.54. The lowest BCUT2D eigenvalue weighted by Crippen LogP contribution is -1.88. The van der Waals surface area contributed by atoms with Gasteiger partial charge in [0.1, 0.15) is 0 Å². The van der Waals surface area contributed by atoms with Crippen molar-refractivity contribution < 1.29 is 4.68 Å². The molecule has 0 unspecified atom stereocenters. The van der Waals surface area contributed by atoms with Crippen LogP contribution in [0.4, 0.5) is 0 Å². The first-order valence-corrected chi connectivity index (χ1v) is 1.41. The summed E-state index contributed by atoms with van der Waals surface area (Å²) in [5.74, 6) is 6.54. The van der Waals surface area contributed by atoms with Gasteiger partial charge < -0.3 is 10.5 Å². The Balaban J connectivity index is 3.41. The minimum atomic E-state index is 0.951. The average Bonchev–Trinajstić information content (AvgIpc) is 1.35. The molecule has 0 aliphatic rings. The second-order valence-corrected chi connectivity index (χ2v) is 0.855. The summed E-state index contributed by atoms with van der Waals surface area (Å²) >= 11 is 0. The third kappa shape index (κ3) is 3.07. The molecule has 0 heterocycles. The molecule has 0 amide bonds. The third-order valence-corrected chi connectivity index (χ3v) is 0.231. The van der Waals surface area contributed by atoms with E-state index in [1.807, 2.05) is 0 Å². The van der Waals surface area contributed by atoms with Crippen LogP contribution in [0.3, 0.4) is 0 Å². The monoisotopic (exact) mass is 86.1 g/mol. The molecular weight excluding hydrogens is 80.1 g/mol. The van der Waals surface area contributed by atoms with Crippen molar-refractivity contribution in [2.24, 2.45) is 5.11 Å². The number of nitrogens with zero attached hydrogens (tertiary/aromatic N) is 2. The van der Waals surface area contributed by atoms with Crippen molar-refractivity contribution in [3.8, 4) is 0 Å².